The molecule has 0 spiro atoms. The lowest BCUT2D eigenvalue weighted by Gasteiger charge is -2.32. The zero-order valence-corrected chi connectivity index (χ0v) is 24.7. The van der Waals surface area contributed by atoms with Crippen LogP contribution < -0.4 is 30.3 Å². The largest absolute Gasteiger partial charge is 0.493 e. The van der Waals surface area contributed by atoms with Crippen LogP contribution in [0.4, 0.5) is 17.8 Å². The van der Waals surface area contributed by atoms with Crippen molar-refractivity contribution < 1.29 is 9.47 Å². The molecule has 0 radical (unpaired) electrons. The van der Waals surface area contributed by atoms with Crippen LogP contribution >= 0.6 is 0 Å². The standard InChI is InChI=1S/C31H42N8O2/c1-7-16-34-28-36-29(35-17-8-2)38-30(37-28)39-19-13-25(14-20-39)33-18-10-9-15-31(22-32,23(3)4)24-11-12-26(40-5)27(21-24)41-6/h7-8,11-12,21,23,25,33H,1-2,13-20H2,3-6H3,(H2,34,35,36,37,38). The number of anilines is 3. The summed E-state index contributed by atoms with van der Waals surface area (Å²) < 4.78 is 10.8. The molecule has 41 heavy (non-hydrogen) atoms. The van der Waals surface area contributed by atoms with E-state index in [1.165, 1.54) is 0 Å². The molecule has 1 atom stereocenters. The average molecular weight is 559 g/mol. The minimum absolute atomic E-state index is 0.0626. The fourth-order valence-corrected chi connectivity index (χ4v) is 4.72. The highest BCUT2D eigenvalue weighted by atomic mass is 16.5. The Morgan fingerprint density at radius 1 is 1.02 bits per heavy atom. The predicted molar refractivity (Wildman–Crippen MR) is 165 cm³/mol. The molecule has 2 aromatic rings. The maximum absolute atomic E-state index is 10.2. The number of nitrogens with zero attached hydrogens (tertiary/aromatic N) is 5. The molecule has 0 saturated carbocycles. The molecule has 1 fully saturated rings. The van der Waals surface area contributed by atoms with Gasteiger partial charge in [-0.25, -0.2) is 0 Å². The fourth-order valence-electron chi connectivity index (χ4n) is 4.72. The Kier molecular flexibility index (Phi) is 11.8. The lowest BCUT2D eigenvalue weighted by atomic mass is 9.70. The second kappa shape index (κ2) is 15.5. The summed E-state index contributed by atoms with van der Waals surface area (Å²) in [4.78, 5) is 15.8. The van der Waals surface area contributed by atoms with E-state index in [1.807, 2.05) is 18.2 Å². The van der Waals surface area contributed by atoms with Crippen molar-refractivity contribution in [3.05, 3.63) is 49.1 Å². The van der Waals surface area contributed by atoms with Crippen LogP contribution in [0.5, 0.6) is 11.5 Å². The summed E-state index contributed by atoms with van der Waals surface area (Å²) in [5.41, 5.74) is 0.132. The predicted octanol–water partition coefficient (Wildman–Crippen LogP) is 4.15. The van der Waals surface area contributed by atoms with Gasteiger partial charge in [-0.2, -0.15) is 20.2 Å². The molecule has 3 rings (SSSR count). The topological polar surface area (TPSA) is 120 Å². The van der Waals surface area contributed by atoms with Crippen LogP contribution in [0.15, 0.2) is 43.5 Å². The number of hydrogen-bond donors (Lipinski definition) is 3. The highest BCUT2D eigenvalue weighted by molar-refractivity contribution is 5.48. The molecule has 0 amide bonds. The molecule has 3 N–H and O–H groups in total. The Labute approximate surface area is 244 Å². The number of ether oxygens (including phenoxy) is 2. The number of benzene rings is 1. The number of aromatic nitrogens is 3. The summed E-state index contributed by atoms with van der Waals surface area (Å²) in [5.74, 6) is 9.50. The van der Waals surface area contributed by atoms with Crippen molar-refractivity contribution in [2.24, 2.45) is 5.92 Å². The molecule has 10 heteroatoms. The van der Waals surface area contributed by atoms with Crippen LogP contribution in [0.3, 0.4) is 0 Å². The van der Waals surface area contributed by atoms with Crippen molar-refractivity contribution in [2.75, 3.05) is 62.5 Å². The SMILES string of the molecule is C=CCNc1nc(NCC=C)nc(N2CCC(NCC#CCC(C#N)(c3ccc(OC)c(OC)c3)C(C)C)CC2)n1. The third-order valence-corrected chi connectivity index (χ3v) is 7.27. The molecule has 0 bridgehead atoms. The molecule has 1 saturated heterocycles. The first-order chi connectivity index (χ1) is 19.9. The third-order valence-electron chi connectivity index (χ3n) is 7.27. The van der Waals surface area contributed by atoms with Crippen molar-refractivity contribution >= 4 is 17.8 Å². The zero-order valence-electron chi connectivity index (χ0n) is 24.7. The van der Waals surface area contributed by atoms with E-state index in [4.69, 9.17) is 9.47 Å². The molecule has 1 aromatic carbocycles. The summed E-state index contributed by atoms with van der Waals surface area (Å²) in [7, 11) is 3.20. The van der Waals surface area contributed by atoms with Gasteiger partial charge in [-0.1, -0.05) is 43.9 Å². The Balaban J connectivity index is 1.58. The minimum atomic E-state index is -0.749. The molecule has 1 aliphatic rings. The van der Waals surface area contributed by atoms with Crippen molar-refractivity contribution in [2.45, 2.75) is 44.6 Å². The number of piperidine rings is 1. The molecule has 1 aromatic heterocycles. The molecular weight excluding hydrogens is 516 g/mol. The first-order valence-corrected chi connectivity index (χ1v) is 13.9. The van der Waals surface area contributed by atoms with Gasteiger partial charge in [-0.05, 0) is 36.5 Å². The van der Waals surface area contributed by atoms with E-state index < -0.39 is 5.41 Å². The molecule has 1 unspecified atom stereocenters. The number of nitrogens with one attached hydrogen (secondary N) is 3. The zero-order chi connectivity index (χ0) is 29.7. The normalized spacial score (nSPS) is 14.7. The van der Waals surface area contributed by atoms with Crippen LogP contribution in [0.1, 0.15) is 38.7 Å². The van der Waals surface area contributed by atoms with Gasteiger partial charge in [0.15, 0.2) is 11.5 Å². The summed E-state index contributed by atoms with van der Waals surface area (Å²) >= 11 is 0. The fraction of sp³-hybridized carbons (Fsp3) is 0.484. The first-order valence-electron chi connectivity index (χ1n) is 13.9. The average Bonchev–Trinajstić information content (AvgIpc) is 3.00. The smallest absolute Gasteiger partial charge is 0.231 e. The molecule has 2 heterocycles. The lowest BCUT2D eigenvalue weighted by molar-refractivity contribution is 0.350. The second-order valence-corrected chi connectivity index (χ2v) is 10.1. The maximum atomic E-state index is 10.2. The Hall–Kier alpha value is -4.28. The number of hydrogen-bond acceptors (Lipinski definition) is 10. The van der Waals surface area contributed by atoms with E-state index in [2.05, 4.69) is 80.7 Å². The van der Waals surface area contributed by atoms with Crippen LogP contribution in [0.25, 0.3) is 0 Å². The maximum Gasteiger partial charge on any atom is 0.231 e. The number of methoxy groups -OCH3 is 2. The van der Waals surface area contributed by atoms with Crippen molar-refractivity contribution in [3.8, 4) is 29.4 Å². The molecule has 218 valence electrons. The molecule has 1 aliphatic heterocycles. The molecule has 10 nitrogen and oxygen atoms in total. The van der Waals surface area contributed by atoms with E-state index in [0.29, 0.717) is 61.4 Å². The minimum Gasteiger partial charge on any atom is -0.493 e. The van der Waals surface area contributed by atoms with E-state index in [0.717, 1.165) is 31.5 Å². The summed E-state index contributed by atoms with van der Waals surface area (Å²) in [5, 5.41) is 20.1. The quantitative estimate of drug-likeness (QED) is 0.230. The Morgan fingerprint density at radius 3 is 2.20 bits per heavy atom. The van der Waals surface area contributed by atoms with Crippen molar-refractivity contribution in [1.29, 1.82) is 5.26 Å². The van der Waals surface area contributed by atoms with Crippen LogP contribution in [-0.2, 0) is 5.41 Å². The molecular formula is C31H42N8O2. The van der Waals surface area contributed by atoms with Crippen LogP contribution in [-0.4, -0.2) is 67.9 Å². The van der Waals surface area contributed by atoms with Gasteiger partial charge in [0.1, 0.15) is 0 Å². The number of rotatable bonds is 14. The van der Waals surface area contributed by atoms with Gasteiger partial charge in [0.25, 0.3) is 0 Å². The Bertz CT molecular complexity index is 1240. The van der Waals surface area contributed by atoms with Gasteiger partial charge in [0, 0.05) is 38.6 Å². The van der Waals surface area contributed by atoms with E-state index in [1.54, 1.807) is 26.4 Å². The highest BCUT2D eigenvalue weighted by Crippen LogP contribution is 2.39. The van der Waals surface area contributed by atoms with E-state index in [9.17, 15) is 5.26 Å². The van der Waals surface area contributed by atoms with Crippen molar-refractivity contribution in [1.82, 2.24) is 20.3 Å². The van der Waals surface area contributed by atoms with Crippen LogP contribution in [0.2, 0.25) is 0 Å². The van der Waals surface area contributed by atoms with Gasteiger partial charge in [-0.3, -0.25) is 0 Å². The van der Waals surface area contributed by atoms with Gasteiger partial charge in [-0.15, -0.1) is 13.2 Å². The van der Waals surface area contributed by atoms with Gasteiger partial charge in [0.05, 0.1) is 32.2 Å². The summed E-state index contributed by atoms with van der Waals surface area (Å²) in [6.07, 6.45) is 5.84. The summed E-state index contributed by atoms with van der Waals surface area (Å²) in [6, 6.07) is 8.56. The Morgan fingerprint density at radius 2 is 1.66 bits per heavy atom. The van der Waals surface area contributed by atoms with Crippen molar-refractivity contribution in [3.63, 3.8) is 0 Å². The van der Waals surface area contributed by atoms with Crippen LogP contribution in [0, 0.1) is 29.1 Å². The summed E-state index contributed by atoms with van der Waals surface area (Å²) in [6.45, 7) is 14.9. The van der Waals surface area contributed by atoms with E-state index in [-0.39, 0.29) is 5.92 Å². The third kappa shape index (κ3) is 8.12. The van der Waals surface area contributed by atoms with E-state index >= 15 is 0 Å². The van der Waals surface area contributed by atoms with Gasteiger partial charge < -0.3 is 30.3 Å². The molecule has 0 aliphatic carbocycles. The monoisotopic (exact) mass is 558 g/mol. The number of nitriles is 1. The second-order valence-electron chi connectivity index (χ2n) is 10.1. The van der Waals surface area contributed by atoms with Gasteiger partial charge in [0.2, 0.25) is 17.8 Å². The highest BCUT2D eigenvalue weighted by Gasteiger charge is 2.36. The lowest BCUT2D eigenvalue weighted by Crippen LogP contribution is -2.43. The van der Waals surface area contributed by atoms with Gasteiger partial charge >= 0.3 is 0 Å². The first kappa shape index (κ1) is 31.3.